The molecule has 1 aliphatic carbocycles. The highest BCUT2D eigenvalue weighted by molar-refractivity contribution is 5.38. The highest BCUT2D eigenvalue weighted by atomic mass is 16.3. The summed E-state index contributed by atoms with van der Waals surface area (Å²) >= 11 is 0. The smallest absolute Gasteiger partial charge is 0.0555 e. The molecule has 106 valence electrons. The summed E-state index contributed by atoms with van der Waals surface area (Å²) in [6.07, 6.45) is 4.07. The fourth-order valence-electron chi connectivity index (χ4n) is 3.21. The standard InChI is InChI=1S/C17H27NO/c1-11-8-13(3)17(9-12(11)2)14(4)18-15-6-5-7-16(19)10-15/h8-9,14-16,18-19H,5-7,10H2,1-4H3. The highest BCUT2D eigenvalue weighted by Gasteiger charge is 2.22. The second-order valence-electron chi connectivity index (χ2n) is 6.20. The molecule has 0 saturated heterocycles. The first-order chi connectivity index (χ1) is 8.97. The first-order valence-electron chi connectivity index (χ1n) is 7.49. The molecule has 1 saturated carbocycles. The van der Waals surface area contributed by atoms with Crippen LogP contribution in [0.25, 0.3) is 0 Å². The van der Waals surface area contributed by atoms with Crippen LogP contribution in [-0.2, 0) is 0 Å². The molecule has 0 aliphatic heterocycles. The number of aliphatic hydroxyl groups excluding tert-OH is 1. The van der Waals surface area contributed by atoms with E-state index in [2.05, 4.69) is 45.1 Å². The summed E-state index contributed by atoms with van der Waals surface area (Å²) in [5.74, 6) is 0. The average molecular weight is 261 g/mol. The Morgan fingerprint density at radius 2 is 1.79 bits per heavy atom. The molecule has 0 radical (unpaired) electrons. The molecule has 1 aromatic carbocycles. The second-order valence-corrected chi connectivity index (χ2v) is 6.20. The fraction of sp³-hybridized carbons (Fsp3) is 0.647. The Morgan fingerprint density at radius 3 is 2.47 bits per heavy atom. The number of hydrogen-bond acceptors (Lipinski definition) is 2. The maximum absolute atomic E-state index is 9.76. The summed E-state index contributed by atoms with van der Waals surface area (Å²) in [6.45, 7) is 8.77. The molecule has 2 rings (SSSR count). The molecule has 2 nitrogen and oxygen atoms in total. The van der Waals surface area contributed by atoms with Crippen molar-refractivity contribution in [2.24, 2.45) is 0 Å². The van der Waals surface area contributed by atoms with E-state index in [0.717, 1.165) is 19.3 Å². The molecule has 0 aromatic heterocycles. The van der Waals surface area contributed by atoms with Gasteiger partial charge in [0.05, 0.1) is 6.10 Å². The van der Waals surface area contributed by atoms with Gasteiger partial charge < -0.3 is 10.4 Å². The van der Waals surface area contributed by atoms with E-state index in [1.807, 2.05) is 0 Å². The summed E-state index contributed by atoms with van der Waals surface area (Å²) in [6, 6.07) is 5.40. The Morgan fingerprint density at radius 1 is 1.11 bits per heavy atom. The molecule has 1 aromatic rings. The maximum atomic E-state index is 9.76. The summed E-state index contributed by atoms with van der Waals surface area (Å²) < 4.78 is 0. The van der Waals surface area contributed by atoms with Crippen molar-refractivity contribution in [2.75, 3.05) is 0 Å². The lowest BCUT2D eigenvalue weighted by Gasteiger charge is -2.30. The molecule has 0 bridgehead atoms. The zero-order valence-corrected chi connectivity index (χ0v) is 12.7. The number of benzene rings is 1. The topological polar surface area (TPSA) is 32.3 Å². The third-order valence-corrected chi connectivity index (χ3v) is 4.48. The van der Waals surface area contributed by atoms with Gasteiger partial charge in [-0.3, -0.25) is 0 Å². The van der Waals surface area contributed by atoms with Crippen molar-refractivity contribution in [1.82, 2.24) is 5.32 Å². The van der Waals surface area contributed by atoms with Gasteiger partial charge >= 0.3 is 0 Å². The monoisotopic (exact) mass is 261 g/mol. The molecular weight excluding hydrogens is 234 g/mol. The predicted octanol–water partition coefficient (Wildman–Crippen LogP) is 3.57. The lowest BCUT2D eigenvalue weighted by Crippen LogP contribution is -2.37. The first kappa shape index (κ1) is 14.5. The lowest BCUT2D eigenvalue weighted by molar-refractivity contribution is 0.109. The van der Waals surface area contributed by atoms with E-state index in [1.54, 1.807) is 0 Å². The van der Waals surface area contributed by atoms with Crippen LogP contribution < -0.4 is 5.32 Å². The number of nitrogens with one attached hydrogen (secondary N) is 1. The lowest BCUT2D eigenvalue weighted by atomic mass is 9.91. The molecule has 2 heteroatoms. The molecular formula is C17H27NO. The average Bonchev–Trinajstić information content (AvgIpc) is 2.33. The van der Waals surface area contributed by atoms with E-state index in [0.29, 0.717) is 12.1 Å². The van der Waals surface area contributed by atoms with Crippen LogP contribution in [0.2, 0.25) is 0 Å². The van der Waals surface area contributed by atoms with Crippen molar-refractivity contribution in [3.05, 3.63) is 34.4 Å². The van der Waals surface area contributed by atoms with E-state index in [9.17, 15) is 5.11 Å². The maximum Gasteiger partial charge on any atom is 0.0555 e. The van der Waals surface area contributed by atoms with Crippen LogP contribution in [0.3, 0.4) is 0 Å². The second kappa shape index (κ2) is 6.06. The zero-order chi connectivity index (χ0) is 14.0. The minimum absolute atomic E-state index is 0.112. The van der Waals surface area contributed by atoms with Crippen LogP contribution in [0.5, 0.6) is 0 Å². The summed E-state index contributed by atoms with van der Waals surface area (Å²) in [5.41, 5.74) is 5.47. The summed E-state index contributed by atoms with van der Waals surface area (Å²) in [7, 11) is 0. The molecule has 3 atom stereocenters. The van der Waals surface area contributed by atoms with Crippen LogP contribution >= 0.6 is 0 Å². The van der Waals surface area contributed by atoms with Gasteiger partial charge in [0.15, 0.2) is 0 Å². The summed E-state index contributed by atoms with van der Waals surface area (Å²) in [5, 5.41) is 13.5. The van der Waals surface area contributed by atoms with Crippen molar-refractivity contribution >= 4 is 0 Å². The van der Waals surface area contributed by atoms with Gasteiger partial charge in [-0.1, -0.05) is 12.1 Å². The van der Waals surface area contributed by atoms with Gasteiger partial charge in [0.2, 0.25) is 0 Å². The zero-order valence-electron chi connectivity index (χ0n) is 12.7. The van der Waals surface area contributed by atoms with E-state index in [-0.39, 0.29) is 6.10 Å². The van der Waals surface area contributed by atoms with Crippen LogP contribution in [0.15, 0.2) is 12.1 Å². The highest BCUT2D eigenvalue weighted by Crippen LogP contribution is 2.25. The van der Waals surface area contributed by atoms with Crippen LogP contribution in [0, 0.1) is 20.8 Å². The molecule has 0 heterocycles. The van der Waals surface area contributed by atoms with Gasteiger partial charge in [0, 0.05) is 12.1 Å². The molecule has 0 amide bonds. The third-order valence-electron chi connectivity index (χ3n) is 4.48. The number of rotatable bonds is 3. The predicted molar refractivity (Wildman–Crippen MR) is 80.5 cm³/mol. The van der Waals surface area contributed by atoms with Crippen molar-refractivity contribution in [1.29, 1.82) is 0 Å². The quantitative estimate of drug-likeness (QED) is 0.872. The van der Waals surface area contributed by atoms with Crippen molar-refractivity contribution in [2.45, 2.75) is 71.6 Å². The fourth-order valence-corrected chi connectivity index (χ4v) is 3.21. The van der Waals surface area contributed by atoms with Gasteiger partial charge in [0.1, 0.15) is 0 Å². The Hall–Kier alpha value is -0.860. The molecule has 3 unspecified atom stereocenters. The van der Waals surface area contributed by atoms with Gasteiger partial charge in [-0.25, -0.2) is 0 Å². The summed E-state index contributed by atoms with van der Waals surface area (Å²) in [4.78, 5) is 0. The minimum Gasteiger partial charge on any atom is -0.393 e. The van der Waals surface area contributed by atoms with Gasteiger partial charge in [-0.05, 0) is 75.6 Å². The van der Waals surface area contributed by atoms with E-state index >= 15 is 0 Å². The Balaban J connectivity index is 2.07. The Kier molecular flexibility index (Phi) is 4.64. The molecule has 1 fully saturated rings. The number of aryl methyl sites for hydroxylation is 3. The molecule has 1 aliphatic rings. The van der Waals surface area contributed by atoms with Crippen LogP contribution in [-0.4, -0.2) is 17.3 Å². The third kappa shape index (κ3) is 3.58. The van der Waals surface area contributed by atoms with Crippen LogP contribution in [0.4, 0.5) is 0 Å². The Bertz CT molecular complexity index is 441. The van der Waals surface area contributed by atoms with Gasteiger partial charge in [-0.15, -0.1) is 0 Å². The molecule has 2 N–H and O–H groups in total. The van der Waals surface area contributed by atoms with E-state index in [4.69, 9.17) is 0 Å². The van der Waals surface area contributed by atoms with Crippen LogP contribution in [0.1, 0.15) is 60.9 Å². The minimum atomic E-state index is -0.112. The normalized spacial score (nSPS) is 25.3. The largest absolute Gasteiger partial charge is 0.393 e. The number of hydrogen-bond donors (Lipinski definition) is 2. The van der Waals surface area contributed by atoms with E-state index in [1.165, 1.54) is 28.7 Å². The van der Waals surface area contributed by atoms with Crippen molar-refractivity contribution < 1.29 is 5.11 Å². The number of aliphatic hydroxyl groups is 1. The van der Waals surface area contributed by atoms with Gasteiger partial charge in [0.25, 0.3) is 0 Å². The molecule has 19 heavy (non-hydrogen) atoms. The SMILES string of the molecule is Cc1cc(C)c(C(C)NC2CCCC(O)C2)cc1C. The van der Waals surface area contributed by atoms with E-state index < -0.39 is 0 Å². The first-order valence-corrected chi connectivity index (χ1v) is 7.49. The van der Waals surface area contributed by atoms with Crippen molar-refractivity contribution in [3.63, 3.8) is 0 Å². The van der Waals surface area contributed by atoms with Crippen molar-refractivity contribution in [3.8, 4) is 0 Å². The van der Waals surface area contributed by atoms with Gasteiger partial charge in [-0.2, -0.15) is 0 Å². The molecule has 0 spiro atoms. The Labute approximate surface area is 117 Å².